The van der Waals surface area contributed by atoms with Gasteiger partial charge in [-0.2, -0.15) is 0 Å². The molecule has 1 aliphatic rings. The van der Waals surface area contributed by atoms with Gasteiger partial charge in [0.15, 0.2) is 0 Å². The molecule has 1 aliphatic carbocycles. The van der Waals surface area contributed by atoms with Crippen molar-refractivity contribution in [2.45, 2.75) is 25.4 Å². The Kier molecular flexibility index (Phi) is 2.28. The van der Waals surface area contributed by atoms with Crippen molar-refractivity contribution < 1.29 is 5.11 Å². The highest BCUT2D eigenvalue weighted by molar-refractivity contribution is 5.26. The number of hydrogen-bond acceptors (Lipinski definition) is 2. The number of nitrogens with zero attached hydrogens (tertiary/aromatic N) is 2. The second-order valence-electron chi connectivity index (χ2n) is 4.51. The third-order valence-electron chi connectivity index (χ3n) is 3.10. The Bertz CT molecular complexity index is 576. The van der Waals surface area contributed by atoms with Gasteiger partial charge in [-0.3, -0.25) is 9.13 Å². The summed E-state index contributed by atoms with van der Waals surface area (Å²) in [5.74, 6) is 0.247. The number of rotatable bonds is 3. The molecule has 1 aromatic heterocycles. The largest absolute Gasteiger partial charge is 0.508 e. The smallest absolute Gasteiger partial charge is 0.328 e. The highest BCUT2D eigenvalue weighted by Gasteiger charge is 2.25. The van der Waals surface area contributed by atoms with Gasteiger partial charge in [-0.15, -0.1) is 0 Å². The minimum absolute atomic E-state index is 0.0561. The standard InChI is InChI=1S/C13H14N2O2/c16-12-5-1-10(2-6-12)9-14-7-8-15(13(14)17)11-3-4-11/h1-2,5-8,11,16H,3-4,9H2. The average Bonchev–Trinajstić information content (AvgIpc) is 3.10. The number of benzene rings is 1. The molecule has 0 aliphatic heterocycles. The van der Waals surface area contributed by atoms with Crippen LogP contribution < -0.4 is 5.69 Å². The van der Waals surface area contributed by atoms with Crippen LogP contribution in [-0.4, -0.2) is 14.2 Å². The molecule has 3 rings (SSSR count). The Morgan fingerprint density at radius 1 is 1.18 bits per heavy atom. The zero-order chi connectivity index (χ0) is 11.8. The summed E-state index contributed by atoms with van der Waals surface area (Å²) in [5.41, 5.74) is 1.07. The van der Waals surface area contributed by atoms with Crippen LogP contribution in [0.3, 0.4) is 0 Å². The lowest BCUT2D eigenvalue weighted by Crippen LogP contribution is -2.23. The van der Waals surface area contributed by atoms with E-state index in [0.717, 1.165) is 18.4 Å². The SMILES string of the molecule is O=c1n(Cc2ccc(O)cc2)ccn1C1CC1. The van der Waals surface area contributed by atoms with E-state index >= 15 is 0 Å². The Labute approximate surface area is 98.7 Å². The molecule has 4 nitrogen and oxygen atoms in total. The fourth-order valence-electron chi connectivity index (χ4n) is 1.98. The molecule has 0 saturated heterocycles. The number of phenolic OH excluding ortho intramolecular Hbond substituents is 1. The molecule has 1 saturated carbocycles. The summed E-state index contributed by atoms with van der Waals surface area (Å²) in [6, 6.07) is 7.35. The van der Waals surface area contributed by atoms with Crippen LogP contribution in [-0.2, 0) is 6.54 Å². The van der Waals surface area contributed by atoms with E-state index in [-0.39, 0.29) is 11.4 Å². The summed E-state index contributed by atoms with van der Waals surface area (Å²) in [6.07, 6.45) is 5.92. The van der Waals surface area contributed by atoms with E-state index in [1.165, 1.54) is 0 Å². The van der Waals surface area contributed by atoms with Crippen molar-refractivity contribution in [3.63, 3.8) is 0 Å². The monoisotopic (exact) mass is 230 g/mol. The number of phenols is 1. The molecule has 0 atom stereocenters. The number of aromatic hydroxyl groups is 1. The Balaban J connectivity index is 1.85. The van der Waals surface area contributed by atoms with Gasteiger partial charge >= 0.3 is 5.69 Å². The van der Waals surface area contributed by atoms with Crippen LogP contribution in [0, 0.1) is 0 Å². The van der Waals surface area contributed by atoms with Crippen LogP contribution in [0.1, 0.15) is 24.4 Å². The fraction of sp³-hybridized carbons (Fsp3) is 0.308. The maximum Gasteiger partial charge on any atom is 0.328 e. The maximum absolute atomic E-state index is 12.0. The second-order valence-corrected chi connectivity index (χ2v) is 4.51. The zero-order valence-electron chi connectivity index (χ0n) is 9.41. The molecule has 1 fully saturated rings. The molecule has 0 amide bonds. The van der Waals surface area contributed by atoms with Gasteiger partial charge in [-0.05, 0) is 30.5 Å². The van der Waals surface area contributed by atoms with Gasteiger partial charge in [0.1, 0.15) is 5.75 Å². The summed E-state index contributed by atoms with van der Waals surface area (Å²) >= 11 is 0. The van der Waals surface area contributed by atoms with E-state index in [2.05, 4.69) is 0 Å². The summed E-state index contributed by atoms with van der Waals surface area (Å²) < 4.78 is 3.51. The molecule has 4 heteroatoms. The van der Waals surface area contributed by atoms with E-state index in [4.69, 9.17) is 0 Å². The van der Waals surface area contributed by atoms with Crippen LogP contribution in [0.15, 0.2) is 41.5 Å². The predicted octanol–water partition coefficient (Wildman–Crippen LogP) is 1.74. The normalized spacial score (nSPS) is 15.1. The van der Waals surface area contributed by atoms with E-state index in [0.29, 0.717) is 12.6 Å². The van der Waals surface area contributed by atoms with Gasteiger partial charge in [-0.1, -0.05) is 12.1 Å². The topological polar surface area (TPSA) is 47.2 Å². The van der Waals surface area contributed by atoms with Crippen molar-refractivity contribution in [3.05, 3.63) is 52.7 Å². The van der Waals surface area contributed by atoms with E-state index < -0.39 is 0 Å². The first-order chi connectivity index (χ1) is 8.24. The average molecular weight is 230 g/mol. The molecule has 1 N–H and O–H groups in total. The van der Waals surface area contributed by atoms with E-state index in [1.807, 2.05) is 24.5 Å². The van der Waals surface area contributed by atoms with Gasteiger partial charge in [0.2, 0.25) is 0 Å². The van der Waals surface area contributed by atoms with Crippen LogP contribution in [0.25, 0.3) is 0 Å². The highest BCUT2D eigenvalue weighted by atomic mass is 16.3. The minimum atomic E-state index is 0.0561. The first-order valence-electron chi connectivity index (χ1n) is 5.79. The molecule has 1 aromatic carbocycles. The van der Waals surface area contributed by atoms with E-state index in [9.17, 15) is 9.90 Å². The van der Waals surface area contributed by atoms with Crippen LogP contribution in [0.4, 0.5) is 0 Å². The molecule has 88 valence electrons. The highest BCUT2D eigenvalue weighted by Crippen LogP contribution is 2.33. The first kappa shape index (κ1) is 10.2. The van der Waals surface area contributed by atoms with Crippen molar-refractivity contribution in [3.8, 4) is 5.75 Å². The minimum Gasteiger partial charge on any atom is -0.508 e. The number of hydrogen-bond donors (Lipinski definition) is 1. The van der Waals surface area contributed by atoms with Crippen molar-refractivity contribution in [2.24, 2.45) is 0 Å². The summed E-state index contributed by atoms with van der Waals surface area (Å²) in [6.45, 7) is 0.554. The van der Waals surface area contributed by atoms with Gasteiger partial charge in [0, 0.05) is 18.4 Å². The number of imidazole rings is 1. The maximum atomic E-state index is 12.0. The van der Waals surface area contributed by atoms with Crippen LogP contribution >= 0.6 is 0 Å². The molecule has 0 spiro atoms. The van der Waals surface area contributed by atoms with Gasteiger partial charge in [0.05, 0.1) is 6.54 Å². The molecular weight excluding hydrogens is 216 g/mol. The Hall–Kier alpha value is -1.97. The van der Waals surface area contributed by atoms with Crippen LogP contribution in [0.5, 0.6) is 5.75 Å². The molecule has 0 radical (unpaired) electrons. The number of aromatic nitrogens is 2. The van der Waals surface area contributed by atoms with Crippen LogP contribution in [0.2, 0.25) is 0 Å². The van der Waals surface area contributed by atoms with Crippen molar-refractivity contribution >= 4 is 0 Å². The molecule has 17 heavy (non-hydrogen) atoms. The summed E-state index contributed by atoms with van der Waals surface area (Å²) in [5, 5.41) is 9.19. The van der Waals surface area contributed by atoms with E-state index in [1.54, 1.807) is 21.3 Å². The molecule has 0 unspecified atom stereocenters. The molecule has 1 heterocycles. The Morgan fingerprint density at radius 3 is 2.53 bits per heavy atom. The second kappa shape index (κ2) is 3.80. The van der Waals surface area contributed by atoms with Gasteiger partial charge < -0.3 is 5.11 Å². The predicted molar refractivity (Wildman–Crippen MR) is 64.2 cm³/mol. The summed E-state index contributed by atoms with van der Waals surface area (Å²) in [4.78, 5) is 12.0. The van der Waals surface area contributed by atoms with Crippen molar-refractivity contribution in [2.75, 3.05) is 0 Å². The lowest BCUT2D eigenvalue weighted by molar-refractivity contribution is 0.475. The molecular formula is C13H14N2O2. The third kappa shape index (κ3) is 1.98. The van der Waals surface area contributed by atoms with Crippen molar-refractivity contribution in [1.29, 1.82) is 0 Å². The molecule has 0 bridgehead atoms. The third-order valence-corrected chi connectivity index (χ3v) is 3.10. The summed E-state index contributed by atoms with van der Waals surface area (Å²) in [7, 11) is 0. The van der Waals surface area contributed by atoms with Gasteiger partial charge in [-0.25, -0.2) is 4.79 Å². The lowest BCUT2D eigenvalue weighted by atomic mass is 10.2. The quantitative estimate of drug-likeness (QED) is 0.873. The Morgan fingerprint density at radius 2 is 1.88 bits per heavy atom. The molecule has 2 aromatic rings. The fourth-order valence-corrected chi connectivity index (χ4v) is 1.98. The van der Waals surface area contributed by atoms with Gasteiger partial charge in [0.25, 0.3) is 0 Å². The lowest BCUT2D eigenvalue weighted by Gasteiger charge is -2.02. The zero-order valence-corrected chi connectivity index (χ0v) is 9.41. The van der Waals surface area contributed by atoms with Crippen molar-refractivity contribution in [1.82, 2.24) is 9.13 Å². The first-order valence-corrected chi connectivity index (χ1v) is 5.79.